The molecule has 0 heterocycles. The average Bonchev–Trinajstić information content (AvgIpc) is 3.11. The van der Waals surface area contributed by atoms with Crippen LogP contribution in [0.4, 0.5) is 4.79 Å². The Morgan fingerprint density at radius 1 is 1.00 bits per heavy atom. The van der Waals surface area contributed by atoms with E-state index < -0.39 is 29.6 Å². The highest BCUT2D eigenvalue weighted by molar-refractivity contribution is 5.87. The summed E-state index contributed by atoms with van der Waals surface area (Å²) in [6.07, 6.45) is 1.70. The van der Waals surface area contributed by atoms with E-state index in [9.17, 15) is 19.5 Å². The Balaban J connectivity index is 1.60. The number of nitrogens with one attached hydrogen (secondary N) is 2. The van der Waals surface area contributed by atoms with Gasteiger partial charge in [0.05, 0.1) is 0 Å². The molecule has 0 aromatic heterocycles. The van der Waals surface area contributed by atoms with Gasteiger partial charge in [-0.1, -0.05) is 75.2 Å². The quantitative estimate of drug-likeness (QED) is 0.439. The molecule has 2 atom stereocenters. The van der Waals surface area contributed by atoms with Crippen molar-refractivity contribution in [3.63, 3.8) is 0 Å². The first-order valence-corrected chi connectivity index (χ1v) is 11.9. The molecule has 0 aliphatic heterocycles. The van der Waals surface area contributed by atoms with Crippen LogP contribution in [0.1, 0.15) is 69.9 Å². The van der Waals surface area contributed by atoms with Crippen LogP contribution in [0.15, 0.2) is 48.5 Å². The van der Waals surface area contributed by atoms with E-state index in [-0.39, 0.29) is 18.9 Å². The molecule has 2 unspecified atom stereocenters. The van der Waals surface area contributed by atoms with Crippen LogP contribution in [0.3, 0.4) is 0 Å². The Morgan fingerprint density at radius 3 is 2.12 bits per heavy atom. The summed E-state index contributed by atoms with van der Waals surface area (Å²) >= 11 is 0. The summed E-state index contributed by atoms with van der Waals surface area (Å²) in [5, 5.41) is 14.9. The van der Waals surface area contributed by atoms with Crippen molar-refractivity contribution in [2.24, 2.45) is 0 Å². The Labute approximate surface area is 200 Å². The van der Waals surface area contributed by atoms with Gasteiger partial charge < -0.3 is 20.5 Å². The molecule has 0 bridgehead atoms. The third-order valence-corrected chi connectivity index (χ3v) is 6.37. The second kappa shape index (κ2) is 11.2. The lowest BCUT2D eigenvalue weighted by molar-refractivity contribution is -0.147. The normalized spacial score (nSPS) is 14.9. The van der Waals surface area contributed by atoms with Crippen LogP contribution in [0.2, 0.25) is 0 Å². The number of rotatable bonds is 11. The van der Waals surface area contributed by atoms with Gasteiger partial charge in [0.15, 0.2) is 0 Å². The van der Waals surface area contributed by atoms with Crippen LogP contribution in [0.25, 0.3) is 11.1 Å². The number of hydrogen-bond acceptors (Lipinski definition) is 4. The second-order valence-electron chi connectivity index (χ2n) is 9.10. The van der Waals surface area contributed by atoms with Gasteiger partial charge in [-0.2, -0.15) is 0 Å². The molecule has 7 nitrogen and oxygen atoms in total. The number of aliphatic carboxylic acids is 1. The molecule has 2 aromatic rings. The SMILES string of the molecule is CCCC(CC(=O)NC(C)(CCC)C(=O)O)NC(=O)OCC1c2ccccc2-c2ccccc21. The third kappa shape index (κ3) is 5.76. The van der Waals surface area contributed by atoms with Gasteiger partial charge in [0.2, 0.25) is 5.91 Å². The average molecular weight is 467 g/mol. The van der Waals surface area contributed by atoms with Crippen molar-refractivity contribution < 1.29 is 24.2 Å². The molecule has 7 heteroatoms. The fraction of sp³-hybridized carbons (Fsp3) is 0.444. The zero-order valence-electron chi connectivity index (χ0n) is 20.1. The maximum atomic E-state index is 12.6. The molecule has 1 aliphatic carbocycles. The third-order valence-electron chi connectivity index (χ3n) is 6.37. The number of amides is 2. The van der Waals surface area contributed by atoms with Gasteiger partial charge in [0.1, 0.15) is 12.1 Å². The van der Waals surface area contributed by atoms with Crippen molar-refractivity contribution in [1.29, 1.82) is 0 Å². The molecule has 2 aromatic carbocycles. The highest BCUT2D eigenvalue weighted by Gasteiger charge is 2.34. The molecular formula is C27H34N2O5. The topological polar surface area (TPSA) is 105 Å². The van der Waals surface area contributed by atoms with Crippen molar-refractivity contribution >= 4 is 18.0 Å². The molecule has 0 spiro atoms. The standard InChI is InChI=1S/C27H34N2O5/c1-4-10-18(16-24(30)29-27(3,15-5-2)25(31)32)28-26(33)34-17-23-21-13-8-6-11-19(21)20-12-7-9-14-22(20)23/h6-9,11-14,18,23H,4-5,10,15-17H2,1-3H3,(H,28,33)(H,29,30)(H,31,32). The van der Waals surface area contributed by atoms with E-state index in [1.54, 1.807) is 0 Å². The minimum absolute atomic E-state index is 0.00931. The molecule has 182 valence electrons. The van der Waals surface area contributed by atoms with E-state index in [1.165, 1.54) is 6.92 Å². The lowest BCUT2D eigenvalue weighted by Crippen LogP contribution is -2.53. The molecule has 0 saturated carbocycles. The van der Waals surface area contributed by atoms with Gasteiger partial charge in [-0.05, 0) is 42.0 Å². The van der Waals surface area contributed by atoms with Crippen molar-refractivity contribution in [2.75, 3.05) is 6.61 Å². The molecule has 0 radical (unpaired) electrons. The molecule has 3 N–H and O–H groups in total. The summed E-state index contributed by atoms with van der Waals surface area (Å²) in [6.45, 7) is 5.53. The monoisotopic (exact) mass is 466 g/mol. The smallest absolute Gasteiger partial charge is 0.407 e. The predicted octanol–water partition coefficient (Wildman–Crippen LogP) is 4.84. The lowest BCUT2D eigenvalue weighted by Gasteiger charge is -2.27. The van der Waals surface area contributed by atoms with E-state index in [0.717, 1.165) is 28.7 Å². The highest BCUT2D eigenvalue weighted by Crippen LogP contribution is 2.44. The van der Waals surface area contributed by atoms with Gasteiger partial charge in [-0.15, -0.1) is 0 Å². The number of fused-ring (bicyclic) bond motifs is 3. The summed E-state index contributed by atoms with van der Waals surface area (Å²) in [5.41, 5.74) is 3.24. The fourth-order valence-electron chi connectivity index (χ4n) is 4.69. The molecule has 1 aliphatic rings. The number of carbonyl (C=O) groups is 3. The maximum absolute atomic E-state index is 12.6. The summed E-state index contributed by atoms with van der Waals surface area (Å²) in [6, 6.07) is 15.8. The second-order valence-corrected chi connectivity index (χ2v) is 9.10. The molecule has 3 rings (SSSR count). The number of carboxylic acid groups (broad SMARTS) is 1. The number of carboxylic acids is 1. The zero-order chi connectivity index (χ0) is 24.7. The first kappa shape index (κ1) is 25.3. The van der Waals surface area contributed by atoms with Crippen LogP contribution in [-0.4, -0.2) is 41.3 Å². The molecule has 2 amide bonds. The van der Waals surface area contributed by atoms with Gasteiger partial charge in [-0.3, -0.25) is 4.79 Å². The van der Waals surface area contributed by atoms with Crippen molar-refractivity contribution in [3.8, 4) is 11.1 Å². The number of ether oxygens (including phenoxy) is 1. The highest BCUT2D eigenvalue weighted by atomic mass is 16.5. The number of hydrogen-bond donors (Lipinski definition) is 3. The predicted molar refractivity (Wildman–Crippen MR) is 131 cm³/mol. The van der Waals surface area contributed by atoms with E-state index >= 15 is 0 Å². The fourth-order valence-corrected chi connectivity index (χ4v) is 4.69. The van der Waals surface area contributed by atoms with Crippen LogP contribution >= 0.6 is 0 Å². The van der Waals surface area contributed by atoms with Crippen molar-refractivity contribution in [1.82, 2.24) is 10.6 Å². The summed E-state index contributed by atoms with van der Waals surface area (Å²) in [5.74, 6) is -1.52. The van der Waals surface area contributed by atoms with Gasteiger partial charge >= 0.3 is 12.1 Å². The Hall–Kier alpha value is -3.35. The van der Waals surface area contributed by atoms with Crippen LogP contribution in [-0.2, 0) is 14.3 Å². The number of benzene rings is 2. The molecular weight excluding hydrogens is 432 g/mol. The van der Waals surface area contributed by atoms with Crippen molar-refractivity contribution in [2.45, 2.75) is 70.4 Å². The number of alkyl carbamates (subject to hydrolysis) is 1. The van der Waals surface area contributed by atoms with Crippen LogP contribution in [0, 0.1) is 0 Å². The summed E-state index contributed by atoms with van der Waals surface area (Å²) in [7, 11) is 0. The number of carbonyl (C=O) groups excluding carboxylic acids is 2. The van der Waals surface area contributed by atoms with Gasteiger partial charge in [0, 0.05) is 18.4 Å². The molecule has 0 saturated heterocycles. The minimum Gasteiger partial charge on any atom is -0.480 e. The summed E-state index contributed by atoms with van der Waals surface area (Å²) in [4.78, 5) is 36.8. The summed E-state index contributed by atoms with van der Waals surface area (Å²) < 4.78 is 5.60. The first-order chi connectivity index (χ1) is 16.3. The Morgan fingerprint density at radius 2 is 1.59 bits per heavy atom. The lowest BCUT2D eigenvalue weighted by atomic mass is 9.95. The van der Waals surface area contributed by atoms with Gasteiger partial charge in [0.25, 0.3) is 0 Å². The van der Waals surface area contributed by atoms with Crippen molar-refractivity contribution in [3.05, 3.63) is 59.7 Å². The first-order valence-electron chi connectivity index (χ1n) is 11.9. The Kier molecular flexibility index (Phi) is 8.31. The van der Waals surface area contributed by atoms with E-state index in [1.807, 2.05) is 38.1 Å². The molecule has 34 heavy (non-hydrogen) atoms. The van der Waals surface area contributed by atoms with E-state index in [2.05, 4.69) is 34.9 Å². The van der Waals surface area contributed by atoms with Gasteiger partial charge in [-0.25, -0.2) is 9.59 Å². The maximum Gasteiger partial charge on any atom is 0.407 e. The largest absolute Gasteiger partial charge is 0.480 e. The van der Waals surface area contributed by atoms with E-state index in [0.29, 0.717) is 19.3 Å². The Bertz CT molecular complexity index is 992. The molecule has 0 fully saturated rings. The van der Waals surface area contributed by atoms with Crippen LogP contribution in [0.5, 0.6) is 0 Å². The zero-order valence-corrected chi connectivity index (χ0v) is 20.1. The van der Waals surface area contributed by atoms with E-state index in [4.69, 9.17) is 4.74 Å². The van der Waals surface area contributed by atoms with Crippen LogP contribution < -0.4 is 10.6 Å². The minimum atomic E-state index is -1.33.